The standard InChI is InChI=1S/C28H28ClF2N5O.C7H8.C2H2/c29-22-5-7-26(36(33)17-32)24(14-22)21-4-6-23(34-16-21)13-18-2-1-3-20(12-18)19-8-10-35(11-9-19)27(37)25-15-28(25,30)31;1-7-5-3-2-4-6-7;1-2/h1-7,12,14,16-17,19,25,32H,8-11,13,15,33H2;2-6H,1H3;1-2H/p+1. The van der Waals surface area contributed by atoms with Crippen molar-refractivity contribution in [3.8, 4) is 24.0 Å². The van der Waals surface area contributed by atoms with Crippen LogP contribution in [-0.4, -0.2) is 45.8 Å². The van der Waals surface area contributed by atoms with Gasteiger partial charge in [0.15, 0.2) is 5.69 Å². The SMILES string of the molecule is C#C.Cc1ccccc1.N/C=[N+](\N)c1ccc(Cl)cc1-c1ccc(Cc2cccc(C3CCN(C(=O)C4CC4(F)F)CC3)c2)nc1. The Morgan fingerprint density at radius 1 is 1.04 bits per heavy atom. The van der Waals surface area contributed by atoms with Crippen molar-refractivity contribution >= 4 is 29.5 Å². The summed E-state index contributed by atoms with van der Waals surface area (Å²) in [4.78, 5) is 18.6. The number of hydrogen-bond acceptors (Lipinski definition) is 3. The average Bonchev–Trinajstić information content (AvgIpc) is 3.73. The number of benzene rings is 3. The number of aromatic nitrogens is 1. The van der Waals surface area contributed by atoms with Crippen molar-refractivity contribution in [1.29, 1.82) is 0 Å². The molecule has 1 saturated heterocycles. The van der Waals surface area contributed by atoms with Crippen LogP contribution in [0.1, 0.15) is 47.6 Å². The number of carbonyl (C=O) groups excluding carboxylic acids is 1. The second-order valence-corrected chi connectivity index (χ2v) is 11.9. The number of pyridine rings is 1. The quantitative estimate of drug-likeness (QED) is 0.0586. The van der Waals surface area contributed by atoms with Crippen LogP contribution in [0.15, 0.2) is 91.1 Å². The maximum absolute atomic E-state index is 13.3. The van der Waals surface area contributed by atoms with Crippen molar-refractivity contribution in [3.63, 3.8) is 0 Å². The Labute approximate surface area is 274 Å². The van der Waals surface area contributed by atoms with E-state index in [2.05, 4.69) is 55.1 Å². The number of nitrogens with zero attached hydrogens (tertiary/aromatic N) is 3. The summed E-state index contributed by atoms with van der Waals surface area (Å²) in [7, 11) is 0. The van der Waals surface area contributed by atoms with Crippen molar-refractivity contribution in [2.45, 2.75) is 44.4 Å². The van der Waals surface area contributed by atoms with E-state index < -0.39 is 17.7 Å². The van der Waals surface area contributed by atoms with Crippen LogP contribution in [0.3, 0.4) is 0 Å². The smallest absolute Gasteiger partial charge is 0.260 e. The molecule has 2 heterocycles. The van der Waals surface area contributed by atoms with Crippen LogP contribution in [0.2, 0.25) is 5.02 Å². The third-order valence-corrected chi connectivity index (χ3v) is 8.45. The van der Waals surface area contributed by atoms with Crippen LogP contribution < -0.4 is 11.6 Å². The number of hydrazone groups is 1. The number of carbonyl (C=O) groups is 1. The van der Waals surface area contributed by atoms with Gasteiger partial charge >= 0.3 is 0 Å². The zero-order valence-electron chi connectivity index (χ0n) is 25.8. The largest absolute Gasteiger partial charge is 0.342 e. The highest BCUT2D eigenvalue weighted by molar-refractivity contribution is 6.31. The van der Waals surface area contributed by atoms with E-state index in [1.807, 2.05) is 48.5 Å². The van der Waals surface area contributed by atoms with Crippen LogP contribution in [0.4, 0.5) is 14.5 Å². The molecule has 1 aliphatic carbocycles. The number of terminal acetylenes is 1. The monoisotopic (exact) mass is 642 g/mol. The number of likely N-dealkylation sites (tertiary alicyclic amines) is 1. The molecule has 6 rings (SSSR count). The summed E-state index contributed by atoms with van der Waals surface area (Å²) in [5.74, 6) is 1.98. The van der Waals surface area contributed by atoms with E-state index in [1.54, 1.807) is 17.2 Å². The Morgan fingerprint density at radius 3 is 2.30 bits per heavy atom. The summed E-state index contributed by atoms with van der Waals surface area (Å²) in [6.07, 6.45) is 13.0. The first-order valence-corrected chi connectivity index (χ1v) is 15.5. The third-order valence-electron chi connectivity index (χ3n) is 8.21. The number of amides is 1. The van der Waals surface area contributed by atoms with E-state index in [0.717, 1.165) is 35.2 Å². The van der Waals surface area contributed by atoms with E-state index >= 15 is 0 Å². The summed E-state index contributed by atoms with van der Waals surface area (Å²) in [6, 6.07) is 28.0. The lowest BCUT2D eigenvalue weighted by Crippen LogP contribution is -2.39. The third kappa shape index (κ3) is 8.70. The van der Waals surface area contributed by atoms with Gasteiger partial charge in [-0.05, 0) is 61.1 Å². The summed E-state index contributed by atoms with van der Waals surface area (Å²) < 4.78 is 27.9. The van der Waals surface area contributed by atoms with Crippen molar-refractivity contribution in [1.82, 2.24) is 9.88 Å². The highest BCUT2D eigenvalue weighted by Gasteiger charge is 2.62. The molecular weight excluding hydrogens is 604 g/mol. The first kappa shape index (κ1) is 34.1. The fraction of sp³-hybridized carbons (Fsp3) is 0.270. The van der Waals surface area contributed by atoms with Gasteiger partial charge in [-0.2, -0.15) is 0 Å². The number of hydrogen-bond donors (Lipinski definition) is 2. The molecule has 1 aromatic heterocycles. The van der Waals surface area contributed by atoms with E-state index in [4.69, 9.17) is 23.2 Å². The average molecular weight is 643 g/mol. The van der Waals surface area contributed by atoms with Crippen LogP contribution in [0.5, 0.6) is 0 Å². The van der Waals surface area contributed by atoms with Gasteiger partial charge in [-0.15, -0.1) is 17.5 Å². The molecule has 3 aromatic carbocycles. The summed E-state index contributed by atoms with van der Waals surface area (Å²) in [5.41, 5.74) is 12.6. The molecule has 2 aliphatic rings. The first-order chi connectivity index (χ1) is 22.1. The van der Waals surface area contributed by atoms with Gasteiger partial charge in [-0.1, -0.05) is 77.8 Å². The maximum atomic E-state index is 13.3. The minimum absolute atomic E-state index is 0.304. The van der Waals surface area contributed by atoms with Gasteiger partial charge in [0.25, 0.3) is 12.3 Å². The summed E-state index contributed by atoms with van der Waals surface area (Å²) in [6.45, 7) is 3.13. The van der Waals surface area contributed by atoms with Gasteiger partial charge in [-0.3, -0.25) is 21.4 Å². The predicted molar refractivity (Wildman–Crippen MR) is 181 cm³/mol. The topological polar surface area (TPSA) is 88.2 Å². The zero-order chi connectivity index (χ0) is 33.3. The summed E-state index contributed by atoms with van der Waals surface area (Å²) >= 11 is 6.21. The number of hydrazine groups is 1. The second kappa shape index (κ2) is 15.5. The minimum atomic E-state index is -2.81. The van der Waals surface area contributed by atoms with Gasteiger partial charge in [-0.25, -0.2) is 8.78 Å². The molecule has 1 aliphatic heterocycles. The summed E-state index contributed by atoms with van der Waals surface area (Å²) in [5, 5.41) is 0.589. The predicted octanol–water partition coefficient (Wildman–Crippen LogP) is 7.10. The number of piperidine rings is 1. The lowest BCUT2D eigenvalue weighted by Gasteiger charge is -2.32. The Balaban J connectivity index is 0.000000466. The fourth-order valence-electron chi connectivity index (χ4n) is 5.57. The van der Waals surface area contributed by atoms with Crippen LogP contribution in [-0.2, 0) is 11.2 Å². The molecule has 1 amide bonds. The molecule has 1 unspecified atom stereocenters. The van der Waals surface area contributed by atoms with Gasteiger partial charge in [0.1, 0.15) is 5.92 Å². The van der Waals surface area contributed by atoms with Crippen molar-refractivity contribution in [2.24, 2.45) is 17.5 Å². The molecule has 2 fully saturated rings. The molecular formula is C37H39ClF2N5O+. The molecule has 1 saturated carbocycles. The maximum Gasteiger partial charge on any atom is 0.260 e. The van der Waals surface area contributed by atoms with Gasteiger partial charge in [0.05, 0.1) is 0 Å². The van der Waals surface area contributed by atoms with Crippen molar-refractivity contribution in [3.05, 3.63) is 119 Å². The van der Waals surface area contributed by atoms with E-state index in [0.29, 0.717) is 36.1 Å². The van der Waals surface area contributed by atoms with Gasteiger partial charge in [0.2, 0.25) is 5.91 Å². The van der Waals surface area contributed by atoms with Crippen LogP contribution >= 0.6 is 11.6 Å². The normalized spacial score (nSPS) is 17.1. The molecule has 4 N–H and O–H groups in total. The molecule has 46 heavy (non-hydrogen) atoms. The Bertz CT molecular complexity index is 1670. The molecule has 238 valence electrons. The van der Waals surface area contributed by atoms with E-state index in [9.17, 15) is 13.6 Å². The van der Waals surface area contributed by atoms with Crippen molar-refractivity contribution < 1.29 is 18.3 Å². The van der Waals surface area contributed by atoms with Crippen molar-refractivity contribution in [2.75, 3.05) is 13.1 Å². The van der Waals surface area contributed by atoms with Gasteiger partial charge in [0, 0.05) is 54.0 Å². The fourth-order valence-corrected chi connectivity index (χ4v) is 5.74. The molecule has 0 spiro atoms. The molecule has 4 aromatic rings. The number of rotatable bonds is 6. The Kier molecular flexibility index (Phi) is 11.5. The number of aryl methyl sites for hydroxylation is 1. The van der Waals surface area contributed by atoms with Crippen LogP contribution in [0, 0.1) is 25.7 Å². The number of halogens is 3. The molecule has 0 radical (unpaired) electrons. The Morgan fingerprint density at radius 2 is 1.74 bits per heavy atom. The number of alkyl halides is 2. The lowest BCUT2D eigenvalue weighted by atomic mass is 9.88. The van der Waals surface area contributed by atoms with E-state index in [-0.39, 0.29) is 6.42 Å². The highest BCUT2D eigenvalue weighted by atomic mass is 35.5. The molecule has 6 nitrogen and oxygen atoms in total. The Hall–Kier alpha value is -4.74. The highest BCUT2D eigenvalue weighted by Crippen LogP contribution is 2.50. The number of nitrogens with two attached hydrogens (primary N) is 2. The molecule has 0 bridgehead atoms. The minimum Gasteiger partial charge on any atom is -0.342 e. The zero-order valence-corrected chi connectivity index (χ0v) is 26.6. The van der Waals surface area contributed by atoms with Gasteiger partial charge < -0.3 is 4.90 Å². The second-order valence-electron chi connectivity index (χ2n) is 11.4. The van der Waals surface area contributed by atoms with E-state index in [1.165, 1.54) is 22.1 Å². The first-order valence-electron chi connectivity index (χ1n) is 15.1. The van der Waals surface area contributed by atoms with Crippen LogP contribution in [0.25, 0.3) is 11.1 Å². The molecule has 9 heteroatoms. The lowest BCUT2D eigenvalue weighted by molar-refractivity contribution is -0.447. The molecule has 1 atom stereocenters.